The van der Waals surface area contributed by atoms with Crippen LogP contribution >= 0.6 is 0 Å². The van der Waals surface area contributed by atoms with Gasteiger partial charge in [-0.15, -0.1) is 0 Å². The van der Waals surface area contributed by atoms with E-state index in [0.29, 0.717) is 6.04 Å². The maximum Gasteiger partial charge on any atom is 0.0742 e. The molecule has 0 aromatic rings. The minimum absolute atomic E-state index is 0.373. The van der Waals surface area contributed by atoms with E-state index >= 15 is 0 Å². The second-order valence-electron chi connectivity index (χ2n) is 4.00. The molecule has 2 rings (SSSR count). The Morgan fingerprint density at radius 2 is 2.07 bits per heavy atom. The smallest absolute Gasteiger partial charge is 0.0742 e. The van der Waals surface area contributed by atoms with Gasteiger partial charge in [0.2, 0.25) is 0 Å². The van der Waals surface area contributed by atoms with Crippen molar-refractivity contribution in [2.45, 2.75) is 31.7 Å². The van der Waals surface area contributed by atoms with Crippen LogP contribution in [0.15, 0.2) is 5.16 Å². The monoisotopic (exact) mass is 198 g/mol. The lowest BCUT2D eigenvalue weighted by molar-refractivity contribution is 0.0252. The molecular formula is C10H18N2O2. The van der Waals surface area contributed by atoms with E-state index in [9.17, 15) is 0 Å². The van der Waals surface area contributed by atoms with Gasteiger partial charge in [-0.3, -0.25) is 4.90 Å². The summed E-state index contributed by atoms with van der Waals surface area (Å²) in [6.45, 7) is 3.58. The average molecular weight is 198 g/mol. The van der Waals surface area contributed by atoms with Gasteiger partial charge in [0.05, 0.1) is 25.0 Å². The first-order chi connectivity index (χ1) is 6.92. The van der Waals surface area contributed by atoms with Crippen LogP contribution in [-0.4, -0.2) is 48.2 Å². The third-order valence-corrected chi connectivity index (χ3v) is 3.16. The molecular weight excluding hydrogens is 180 g/mol. The van der Waals surface area contributed by atoms with Crippen LogP contribution in [0.25, 0.3) is 0 Å². The molecule has 0 aromatic heterocycles. The lowest BCUT2D eigenvalue weighted by Crippen LogP contribution is -2.48. The number of rotatable bonds is 1. The molecule has 0 spiro atoms. The molecule has 14 heavy (non-hydrogen) atoms. The Morgan fingerprint density at radius 3 is 2.79 bits per heavy atom. The molecule has 1 saturated carbocycles. The van der Waals surface area contributed by atoms with Gasteiger partial charge in [0.25, 0.3) is 0 Å². The summed E-state index contributed by atoms with van der Waals surface area (Å²) in [6.07, 6.45) is 4.51. The van der Waals surface area contributed by atoms with Crippen LogP contribution in [0.5, 0.6) is 0 Å². The number of ether oxygens (including phenoxy) is 1. The third kappa shape index (κ3) is 2.07. The van der Waals surface area contributed by atoms with Gasteiger partial charge < -0.3 is 9.94 Å². The molecule has 0 unspecified atom stereocenters. The molecule has 0 bridgehead atoms. The van der Waals surface area contributed by atoms with E-state index in [1.54, 1.807) is 0 Å². The second-order valence-corrected chi connectivity index (χ2v) is 4.00. The van der Waals surface area contributed by atoms with E-state index in [4.69, 9.17) is 9.94 Å². The number of hydrogen-bond donors (Lipinski definition) is 1. The fourth-order valence-corrected chi connectivity index (χ4v) is 2.38. The first-order valence-corrected chi connectivity index (χ1v) is 5.44. The summed E-state index contributed by atoms with van der Waals surface area (Å²) in [5.41, 5.74) is 0.971. The van der Waals surface area contributed by atoms with Crippen molar-refractivity contribution in [3.63, 3.8) is 0 Å². The lowest BCUT2D eigenvalue weighted by Gasteiger charge is -2.36. The number of oxime groups is 1. The molecule has 2 aliphatic rings. The maximum atomic E-state index is 8.92. The molecule has 1 aliphatic heterocycles. The zero-order valence-electron chi connectivity index (χ0n) is 8.48. The maximum absolute atomic E-state index is 8.92. The molecule has 1 N–H and O–H groups in total. The van der Waals surface area contributed by atoms with Crippen molar-refractivity contribution in [3.8, 4) is 0 Å². The standard InChI is InChI=1S/C10H18N2O2/c13-11-9-3-1-2-4-10(9)12-5-7-14-8-6-12/h10,13H,1-8H2/b11-9+/t10-/m1/s1. The summed E-state index contributed by atoms with van der Waals surface area (Å²) in [5, 5.41) is 12.4. The summed E-state index contributed by atoms with van der Waals surface area (Å²) < 4.78 is 5.32. The Morgan fingerprint density at radius 1 is 1.29 bits per heavy atom. The van der Waals surface area contributed by atoms with Gasteiger partial charge >= 0.3 is 0 Å². The van der Waals surface area contributed by atoms with Crippen LogP contribution in [-0.2, 0) is 4.74 Å². The molecule has 1 aliphatic carbocycles. The highest BCUT2D eigenvalue weighted by atomic mass is 16.5. The Balaban J connectivity index is 1.98. The first-order valence-electron chi connectivity index (χ1n) is 5.44. The zero-order chi connectivity index (χ0) is 9.80. The average Bonchev–Trinajstić information content (AvgIpc) is 2.30. The molecule has 0 radical (unpaired) electrons. The third-order valence-electron chi connectivity index (χ3n) is 3.16. The Hall–Kier alpha value is -0.610. The minimum atomic E-state index is 0.373. The molecule has 80 valence electrons. The summed E-state index contributed by atoms with van der Waals surface area (Å²) in [4.78, 5) is 2.39. The number of morpholine rings is 1. The minimum Gasteiger partial charge on any atom is -0.411 e. The predicted octanol–water partition coefficient (Wildman–Crippen LogP) is 1.09. The fraction of sp³-hybridized carbons (Fsp3) is 0.900. The molecule has 0 aromatic carbocycles. The summed E-state index contributed by atoms with van der Waals surface area (Å²) >= 11 is 0. The van der Waals surface area contributed by atoms with Gasteiger partial charge in [-0.05, 0) is 19.3 Å². The molecule has 2 fully saturated rings. The molecule has 1 atom stereocenters. The number of nitrogens with zero attached hydrogens (tertiary/aromatic N) is 2. The van der Waals surface area contributed by atoms with Gasteiger partial charge in [0.1, 0.15) is 0 Å². The van der Waals surface area contributed by atoms with Crippen molar-refractivity contribution < 1.29 is 9.94 Å². The first kappa shape index (κ1) is 9.93. The van der Waals surface area contributed by atoms with Crippen LogP contribution in [0.1, 0.15) is 25.7 Å². The molecule has 1 saturated heterocycles. The second kappa shape index (κ2) is 4.75. The highest BCUT2D eigenvalue weighted by Crippen LogP contribution is 2.21. The van der Waals surface area contributed by atoms with Gasteiger partial charge in [-0.1, -0.05) is 11.6 Å². The Kier molecular flexibility index (Phi) is 3.37. The lowest BCUT2D eigenvalue weighted by atomic mass is 9.92. The molecule has 4 nitrogen and oxygen atoms in total. The fourth-order valence-electron chi connectivity index (χ4n) is 2.38. The largest absolute Gasteiger partial charge is 0.411 e. The van der Waals surface area contributed by atoms with Crippen molar-refractivity contribution in [2.24, 2.45) is 5.16 Å². The Bertz CT molecular complexity index is 212. The summed E-state index contributed by atoms with van der Waals surface area (Å²) in [7, 11) is 0. The highest BCUT2D eigenvalue weighted by molar-refractivity contribution is 5.89. The summed E-state index contributed by atoms with van der Waals surface area (Å²) in [5.74, 6) is 0. The normalized spacial score (nSPS) is 33.4. The predicted molar refractivity (Wildman–Crippen MR) is 53.9 cm³/mol. The topological polar surface area (TPSA) is 45.1 Å². The highest BCUT2D eigenvalue weighted by Gasteiger charge is 2.27. The molecule has 0 amide bonds. The quantitative estimate of drug-likeness (QED) is 0.507. The van der Waals surface area contributed by atoms with Crippen molar-refractivity contribution in [2.75, 3.05) is 26.3 Å². The van der Waals surface area contributed by atoms with E-state index in [-0.39, 0.29) is 0 Å². The number of hydrogen-bond acceptors (Lipinski definition) is 4. The zero-order valence-corrected chi connectivity index (χ0v) is 8.48. The van der Waals surface area contributed by atoms with Crippen LogP contribution < -0.4 is 0 Å². The van der Waals surface area contributed by atoms with Crippen LogP contribution in [0, 0.1) is 0 Å². The van der Waals surface area contributed by atoms with E-state index in [2.05, 4.69) is 10.1 Å². The van der Waals surface area contributed by atoms with E-state index in [1.807, 2.05) is 0 Å². The van der Waals surface area contributed by atoms with Gasteiger partial charge in [0.15, 0.2) is 0 Å². The van der Waals surface area contributed by atoms with E-state index in [0.717, 1.165) is 44.9 Å². The van der Waals surface area contributed by atoms with Gasteiger partial charge in [-0.2, -0.15) is 0 Å². The van der Waals surface area contributed by atoms with Crippen LogP contribution in [0.3, 0.4) is 0 Å². The summed E-state index contributed by atoms with van der Waals surface area (Å²) in [6, 6.07) is 0.373. The van der Waals surface area contributed by atoms with Gasteiger partial charge in [-0.25, -0.2) is 0 Å². The van der Waals surface area contributed by atoms with Crippen molar-refractivity contribution in [1.29, 1.82) is 0 Å². The van der Waals surface area contributed by atoms with Crippen molar-refractivity contribution in [1.82, 2.24) is 4.90 Å². The van der Waals surface area contributed by atoms with E-state index < -0.39 is 0 Å². The van der Waals surface area contributed by atoms with Crippen molar-refractivity contribution >= 4 is 5.71 Å². The van der Waals surface area contributed by atoms with Crippen LogP contribution in [0.4, 0.5) is 0 Å². The van der Waals surface area contributed by atoms with Crippen LogP contribution in [0.2, 0.25) is 0 Å². The Labute approximate surface area is 84.5 Å². The van der Waals surface area contributed by atoms with Gasteiger partial charge in [0, 0.05) is 13.1 Å². The SMILES string of the molecule is O/N=C1\CCCC[C@H]1N1CCOCC1. The van der Waals surface area contributed by atoms with Crippen molar-refractivity contribution in [3.05, 3.63) is 0 Å². The van der Waals surface area contributed by atoms with E-state index in [1.165, 1.54) is 12.8 Å². The molecule has 1 heterocycles. The molecule has 4 heteroatoms.